The highest BCUT2D eigenvalue weighted by atomic mass is 16.5. The molecule has 0 saturated heterocycles. The van der Waals surface area contributed by atoms with Gasteiger partial charge < -0.3 is 10.2 Å². The molecule has 0 aliphatic heterocycles. The molecule has 1 rings (SSSR count). The van der Waals surface area contributed by atoms with Gasteiger partial charge in [-0.05, 0) is 24.8 Å². The smallest absolute Gasteiger partial charge is 0.185 e. The molecule has 2 heteroatoms. The van der Waals surface area contributed by atoms with Gasteiger partial charge in [-0.25, -0.2) is 0 Å². The minimum atomic E-state index is -1.57. The number of hydrogen-bond acceptors (Lipinski definition) is 2. The molecule has 0 fully saturated rings. The third-order valence-corrected chi connectivity index (χ3v) is 2.73. The first kappa shape index (κ1) is 9.75. The summed E-state index contributed by atoms with van der Waals surface area (Å²) in [6.45, 7) is 6.03. The lowest BCUT2D eigenvalue weighted by Gasteiger charge is -2.32. The van der Waals surface area contributed by atoms with Gasteiger partial charge in [0, 0.05) is 5.92 Å². The minimum Gasteiger partial charge on any atom is -0.362 e. The lowest BCUT2D eigenvalue weighted by Crippen LogP contribution is -2.37. The van der Waals surface area contributed by atoms with Crippen molar-refractivity contribution >= 4 is 0 Å². The Morgan fingerprint density at radius 1 is 1.50 bits per heavy atom. The standard InChI is InChI=1S/C10H18O2/c1-7(2)9-5-4-8(3)10(11,12)6-9/h6-8,11-12H,4-5H2,1-3H3. The van der Waals surface area contributed by atoms with E-state index in [2.05, 4.69) is 13.8 Å². The van der Waals surface area contributed by atoms with Crippen molar-refractivity contribution in [3.63, 3.8) is 0 Å². The Balaban J connectivity index is 2.82. The van der Waals surface area contributed by atoms with Crippen molar-refractivity contribution in [1.29, 1.82) is 0 Å². The minimum absolute atomic E-state index is 0.0417. The second-order valence-electron chi connectivity index (χ2n) is 4.10. The molecule has 1 aliphatic rings. The molecular weight excluding hydrogens is 152 g/mol. The van der Waals surface area contributed by atoms with Crippen LogP contribution in [-0.4, -0.2) is 16.0 Å². The summed E-state index contributed by atoms with van der Waals surface area (Å²) in [6, 6.07) is 0. The molecule has 1 atom stereocenters. The largest absolute Gasteiger partial charge is 0.362 e. The first-order chi connectivity index (χ1) is 5.43. The van der Waals surface area contributed by atoms with E-state index < -0.39 is 5.79 Å². The highest BCUT2D eigenvalue weighted by molar-refractivity contribution is 5.14. The van der Waals surface area contributed by atoms with Crippen LogP contribution in [-0.2, 0) is 0 Å². The lowest BCUT2D eigenvalue weighted by atomic mass is 9.82. The predicted molar refractivity (Wildman–Crippen MR) is 48.5 cm³/mol. The summed E-state index contributed by atoms with van der Waals surface area (Å²) in [7, 11) is 0. The van der Waals surface area contributed by atoms with Gasteiger partial charge in [-0.3, -0.25) is 0 Å². The van der Waals surface area contributed by atoms with E-state index in [-0.39, 0.29) is 5.92 Å². The summed E-state index contributed by atoms with van der Waals surface area (Å²) in [4.78, 5) is 0. The Kier molecular flexibility index (Phi) is 2.59. The van der Waals surface area contributed by atoms with Crippen LogP contribution in [0.1, 0.15) is 33.6 Å². The molecule has 0 spiro atoms. The van der Waals surface area contributed by atoms with E-state index in [0.717, 1.165) is 18.4 Å². The molecule has 0 saturated carbocycles. The maximum atomic E-state index is 9.54. The summed E-state index contributed by atoms with van der Waals surface area (Å²) in [6.07, 6.45) is 3.49. The average Bonchev–Trinajstić information content (AvgIpc) is 1.94. The fourth-order valence-electron chi connectivity index (χ4n) is 1.54. The number of allylic oxidation sites excluding steroid dienone is 1. The van der Waals surface area contributed by atoms with E-state index >= 15 is 0 Å². The van der Waals surface area contributed by atoms with E-state index in [1.54, 1.807) is 6.08 Å². The topological polar surface area (TPSA) is 40.5 Å². The molecule has 0 bridgehead atoms. The molecule has 0 aromatic rings. The van der Waals surface area contributed by atoms with Crippen LogP contribution in [0.4, 0.5) is 0 Å². The van der Waals surface area contributed by atoms with Crippen molar-refractivity contribution in [2.75, 3.05) is 0 Å². The molecule has 2 nitrogen and oxygen atoms in total. The van der Waals surface area contributed by atoms with Crippen LogP contribution < -0.4 is 0 Å². The zero-order chi connectivity index (χ0) is 9.35. The molecule has 2 N–H and O–H groups in total. The molecule has 0 amide bonds. The molecule has 1 unspecified atom stereocenters. The van der Waals surface area contributed by atoms with Crippen LogP contribution in [0.2, 0.25) is 0 Å². The van der Waals surface area contributed by atoms with Crippen molar-refractivity contribution in [2.45, 2.75) is 39.4 Å². The van der Waals surface area contributed by atoms with Crippen molar-refractivity contribution in [2.24, 2.45) is 11.8 Å². The monoisotopic (exact) mass is 170 g/mol. The number of aliphatic hydroxyl groups is 2. The Morgan fingerprint density at radius 2 is 2.08 bits per heavy atom. The summed E-state index contributed by atoms with van der Waals surface area (Å²) in [5.41, 5.74) is 1.16. The van der Waals surface area contributed by atoms with E-state index in [4.69, 9.17) is 0 Å². The van der Waals surface area contributed by atoms with Crippen LogP contribution >= 0.6 is 0 Å². The molecule has 0 heterocycles. The van der Waals surface area contributed by atoms with Crippen molar-refractivity contribution < 1.29 is 10.2 Å². The maximum Gasteiger partial charge on any atom is 0.185 e. The molecule has 12 heavy (non-hydrogen) atoms. The first-order valence-electron chi connectivity index (χ1n) is 4.60. The van der Waals surface area contributed by atoms with Crippen molar-refractivity contribution in [3.05, 3.63) is 11.6 Å². The Hall–Kier alpha value is -0.340. The zero-order valence-corrected chi connectivity index (χ0v) is 8.04. The van der Waals surface area contributed by atoms with E-state index in [0.29, 0.717) is 5.92 Å². The Morgan fingerprint density at radius 3 is 2.50 bits per heavy atom. The maximum absolute atomic E-state index is 9.54. The van der Waals surface area contributed by atoms with Crippen LogP contribution in [0.25, 0.3) is 0 Å². The average molecular weight is 170 g/mol. The first-order valence-corrected chi connectivity index (χ1v) is 4.60. The van der Waals surface area contributed by atoms with Gasteiger partial charge in [0.05, 0.1) is 0 Å². The molecule has 0 aromatic carbocycles. The van der Waals surface area contributed by atoms with E-state index in [9.17, 15) is 10.2 Å². The third-order valence-electron chi connectivity index (χ3n) is 2.73. The predicted octanol–water partition coefficient (Wildman–Crippen LogP) is 1.68. The molecule has 1 aliphatic carbocycles. The van der Waals surface area contributed by atoms with Crippen LogP contribution in [0.5, 0.6) is 0 Å². The van der Waals surface area contributed by atoms with Gasteiger partial charge in [-0.1, -0.05) is 26.3 Å². The second-order valence-corrected chi connectivity index (χ2v) is 4.10. The molecule has 0 aromatic heterocycles. The summed E-state index contributed by atoms with van der Waals surface area (Å²) < 4.78 is 0. The highest BCUT2D eigenvalue weighted by Crippen LogP contribution is 2.32. The zero-order valence-electron chi connectivity index (χ0n) is 8.04. The SMILES string of the molecule is CC(C)C1=CC(O)(O)C(C)CC1. The Bertz CT molecular complexity index is 192. The van der Waals surface area contributed by atoms with E-state index in [1.807, 2.05) is 6.92 Å². The summed E-state index contributed by atoms with van der Waals surface area (Å²) >= 11 is 0. The van der Waals surface area contributed by atoms with Gasteiger partial charge in [0.1, 0.15) is 0 Å². The summed E-state index contributed by atoms with van der Waals surface area (Å²) in [5.74, 6) is -1.19. The fraction of sp³-hybridized carbons (Fsp3) is 0.800. The Labute approximate surface area is 73.9 Å². The van der Waals surface area contributed by atoms with Crippen LogP contribution in [0, 0.1) is 11.8 Å². The normalized spacial score (nSPS) is 28.8. The van der Waals surface area contributed by atoms with Crippen molar-refractivity contribution in [1.82, 2.24) is 0 Å². The number of rotatable bonds is 1. The van der Waals surface area contributed by atoms with Crippen molar-refractivity contribution in [3.8, 4) is 0 Å². The van der Waals surface area contributed by atoms with Gasteiger partial charge in [0.25, 0.3) is 0 Å². The highest BCUT2D eigenvalue weighted by Gasteiger charge is 2.32. The van der Waals surface area contributed by atoms with Crippen LogP contribution in [0.15, 0.2) is 11.6 Å². The van der Waals surface area contributed by atoms with Gasteiger partial charge in [-0.15, -0.1) is 0 Å². The number of hydrogen-bond donors (Lipinski definition) is 2. The molecule has 70 valence electrons. The van der Waals surface area contributed by atoms with Crippen LogP contribution in [0.3, 0.4) is 0 Å². The second kappa shape index (κ2) is 3.19. The molecule has 0 radical (unpaired) electrons. The molecular formula is C10H18O2. The van der Waals surface area contributed by atoms with Gasteiger partial charge >= 0.3 is 0 Å². The fourth-order valence-corrected chi connectivity index (χ4v) is 1.54. The van der Waals surface area contributed by atoms with Gasteiger partial charge in [-0.2, -0.15) is 0 Å². The summed E-state index contributed by atoms with van der Waals surface area (Å²) in [5, 5.41) is 19.1. The van der Waals surface area contributed by atoms with E-state index in [1.165, 1.54) is 0 Å². The van der Waals surface area contributed by atoms with Gasteiger partial charge in [0.2, 0.25) is 0 Å². The lowest BCUT2D eigenvalue weighted by molar-refractivity contribution is -0.161. The van der Waals surface area contributed by atoms with Gasteiger partial charge in [0.15, 0.2) is 5.79 Å². The quantitative estimate of drug-likeness (QED) is 0.464. The third kappa shape index (κ3) is 1.87.